The minimum atomic E-state index is -0.314. The number of nitrogens with zero attached hydrogens (tertiary/aromatic N) is 2. The van der Waals surface area contributed by atoms with Gasteiger partial charge in [-0.2, -0.15) is 0 Å². The summed E-state index contributed by atoms with van der Waals surface area (Å²) < 4.78 is 0. The number of carbonyl (C=O) groups is 2. The second kappa shape index (κ2) is 7.15. The average molecular weight is 318 g/mol. The third-order valence-electron chi connectivity index (χ3n) is 3.20. The molecule has 3 aromatic rings. The van der Waals surface area contributed by atoms with Crippen molar-refractivity contribution in [2.75, 3.05) is 10.6 Å². The summed E-state index contributed by atoms with van der Waals surface area (Å²) in [5.41, 5.74) is 1.92. The lowest BCUT2D eigenvalue weighted by Crippen LogP contribution is -2.14. The molecular weight excluding hydrogens is 304 g/mol. The first-order chi connectivity index (χ1) is 11.7. The second-order valence-corrected chi connectivity index (χ2v) is 4.95. The van der Waals surface area contributed by atoms with Gasteiger partial charge in [0.15, 0.2) is 0 Å². The Morgan fingerprint density at radius 3 is 2.25 bits per heavy atom. The van der Waals surface area contributed by atoms with E-state index in [1.807, 2.05) is 0 Å². The van der Waals surface area contributed by atoms with E-state index in [0.717, 1.165) is 0 Å². The van der Waals surface area contributed by atoms with Gasteiger partial charge in [-0.3, -0.25) is 19.6 Å². The summed E-state index contributed by atoms with van der Waals surface area (Å²) in [4.78, 5) is 32.1. The Hall–Kier alpha value is -3.54. The highest BCUT2D eigenvalue weighted by molar-refractivity contribution is 6.05. The van der Waals surface area contributed by atoms with Crippen LogP contribution in [0.15, 0.2) is 73.2 Å². The van der Waals surface area contributed by atoms with Crippen LogP contribution in [0.2, 0.25) is 0 Å². The number of benzene rings is 1. The standard InChI is InChI=1S/C18H14N4O2/c23-17(13-5-4-9-19-12-13)21-14-6-3-7-15(11-14)22-18(24)16-8-1-2-10-20-16/h1-12H,(H,21,23)(H,22,24). The number of carbonyl (C=O) groups excluding carboxylic acids is 2. The number of nitrogens with one attached hydrogen (secondary N) is 2. The number of rotatable bonds is 4. The minimum Gasteiger partial charge on any atom is -0.322 e. The molecule has 2 heterocycles. The van der Waals surface area contributed by atoms with Gasteiger partial charge in [0, 0.05) is 30.0 Å². The van der Waals surface area contributed by atoms with Crippen molar-refractivity contribution in [2.24, 2.45) is 0 Å². The fraction of sp³-hybridized carbons (Fsp3) is 0. The molecule has 0 aliphatic carbocycles. The number of anilines is 2. The smallest absolute Gasteiger partial charge is 0.274 e. The SMILES string of the molecule is O=C(Nc1cccc(NC(=O)c2ccccn2)c1)c1cccnc1. The third-order valence-corrected chi connectivity index (χ3v) is 3.20. The molecule has 0 aliphatic heterocycles. The zero-order valence-electron chi connectivity index (χ0n) is 12.6. The predicted octanol–water partition coefficient (Wildman–Crippen LogP) is 2.98. The Kier molecular flexibility index (Phi) is 4.57. The molecule has 0 fully saturated rings. The Morgan fingerprint density at radius 1 is 0.792 bits per heavy atom. The van der Waals surface area contributed by atoms with Crippen molar-refractivity contribution in [3.63, 3.8) is 0 Å². The van der Waals surface area contributed by atoms with E-state index in [9.17, 15) is 9.59 Å². The van der Waals surface area contributed by atoms with Crippen LogP contribution in [-0.4, -0.2) is 21.8 Å². The molecule has 0 saturated heterocycles. The molecule has 2 amide bonds. The molecule has 1 aromatic carbocycles. The van der Waals surface area contributed by atoms with Gasteiger partial charge in [-0.1, -0.05) is 12.1 Å². The van der Waals surface area contributed by atoms with Gasteiger partial charge in [0.1, 0.15) is 5.69 Å². The second-order valence-electron chi connectivity index (χ2n) is 4.95. The van der Waals surface area contributed by atoms with Gasteiger partial charge in [-0.15, -0.1) is 0 Å². The summed E-state index contributed by atoms with van der Waals surface area (Å²) in [6.07, 6.45) is 4.64. The topological polar surface area (TPSA) is 84.0 Å². The van der Waals surface area contributed by atoms with Gasteiger partial charge in [0.2, 0.25) is 0 Å². The summed E-state index contributed by atoms with van der Waals surface area (Å²) in [5.74, 6) is -0.581. The van der Waals surface area contributed by atoms with Gasteiger partial charge >= 0.3 is 0 Å². The van der Waals surface area contributed by atoms with Gasteiger partial charge in [-0.25, -0.2) is 0 Å². The van der Waals surface area contributed by atoms with Crippen LogP contribution in [0.1, 0.15) is 20.8 Å². The molecule has 118 valence electrons. The molecule has 6 heteroatoms. The molecular formula is C18H14N4O2. The summed E-state index contributed by atoms with van der Waals surface area (Å²) >= 11 is 0. The zero-order chi connectivity index (χ0) is 16.8. The van der Waals surface area contributed by atoms with Crippen LogP contribution in [0.4, 0.5) is 11.4 Å². The molecule has 0 aliphatic rings. The maximum absolute atomic E-state index is 12.1. The molecule has 0 spiro atoms. The maximum Gasteiger partial charge on any atom is 0.274 e. The highest BCUT2D eigenvalue weighted by Crippen LogP contribution is 2.16. The Morgan fingerprint density at radius 2 is 1.58 bits per heavy atom. The van der Waals surface area contributed by atoms with E-state index < -0.39 is 0 Å². The minimum absolute atomic E-state index is 0.267. The van der Waals surface area contributed by atoms with E-state index in [0.29, 0.717) is 22.6 Å². The number of aromatic nitrogens is 2. The lowest BCUT2D eigenvalue weighted by molar-refractivity contribution is 0.101. The highest BCUT2D eigenvalue weighted by Gasteiger charge is 2.09. The average Bonchev–Trinajstić information content (AvgIpc) is 2.63. The fourth-order valence-electron chi connectivity index (χ4n) is 2.07. The zero-order valence-corrected chi connectivity index (χ0v) is 12.6. The molecule has 3 rings (SSSR count). The van der Waals surface area contributed by atoms with E-state index in [1.54, 1.807) is 67.0 Å². The van der Waals surface area contributed by atoms with Crippen LogP contribution in [-0.2, 0) is 0 Å². The van der Waals surface area contributed by atoms with Crippen LogP contribution < -0.4 is 10.6 Å². The van der Waals surface area contributed by atoms with Crippen LogP contribution in [0, 0.1) is 0 Å². The quantitative estimate of drug-likeness (QED) is 0.774. The molecule has 6 nitrogen and oxygen atoms in total. The van der Waals surface area contributed by atoms with Gasteiger partial charge < -0.3 is 10.6 Å². The van der Waals surface area contributed by atoms with Crippen LogP contribution in [0.25, 0.3) is 0 Å². The van der Waals surface area contributed by atoms with E-state index in [1.165, 1.54) is 6.20 Å². The monoisotopic (exact) mass is 318 g/mol. The predicted molar refractivity (Wildman–Crippen MR) is 90.8 cm³/mol. The van der Waals surface area contributed by atoms with E-state index in [2.05, 4.69) is 20.6 Å². The Bertz CT molecular complexity index is 782. The van der Waals surface area contributed by atoms with Crippen molar-refractivity contribution in [1.82, 2.24) is 9.97 Å². The number of pyridine rings is 2. The fourth-order valence-corrected chi connectivity index (χ4v) is 2.07. The number of hydrogen-bond acceptors (Lipinski definition) is 4. The first-order valence-electron chi connectivity index (χ1n) is 7.26. The van der Waals surface area contributed by atoms with Crippen molar-refractivity contribution < 1.29 is 9.59 Å². The molecule has 0 radical (unpaired) electrons. The Labute approximate surface area is 138 Å². The summed E-state index contributed by atoms with van der Waals surface area (Å²) in [5, 5.41) is 5.51. The molecule has 0 atom stereocenters. The highest BCUT2D eigenvalue weighted by atomic mass is 16.2. The van der Waals surface area contributed by atoms with Crippen molar-refractivity contribution in [3.05, 3.63) is 84.4 Å². The molecule has 0 bridgehead atoms. The summed E-state index contributed by atoms with van der Waals surface area (Å²) in [7, 11) is 0. The lowest BCUT2D eigenvalue weighted by Gasteiger charge is -2.08. The van der Waals surface area contributed by atoms with Crippen molar-refractivity contribution in [2.45, 2.75) is 0 Å². The first kappa shape index (κ1) is 15.4. The molecule has 24 heavy (non-hydrogen) atoms. The maximum atomic E-state index is 12.1. The van der Waals surface area contributed by atoms with Crippen molar-refractivity contribution in [3.8, 4) is 0 Å². The lowest BCUT2D eigenvalue weighted by atomic mass is 10.2. The molecule has 2 aromatic heterocycles. The number of amides is 2. The summed E-state index contributed by atoms with van der Waals surface area (Å²) in [6.45, 7) is 0. The largest absolute Gasteiger partial charge is 0.322 e. The first-order valence-corrected chi connectivity index (χ1v) is 7.26. The molecule has 2 N–H and O–H groups in total. The van der Waals surface area contributed by atoms with Crippen LogP contribution in [0.5, 0.6) is 0 Å². The van der Waals surface area contributed by atoms with Crippen molar-refractivity contribution >= 4 is 23.2 Å². The van der Waals surface area contributed by atoms with Gasteiger partial charge in [-0.05, 0) is 42.5 Å². The van der Waals surface area contributed by atoms with Crippen molar-refractivity contribution in [1.29, 1.82) is 0 Å². The van der Waals surface area contributed by atoms with Crippen LogP contribution >= 0.6 is 0 Å². The number of hydrogen-bond donors (Lipinski definition) is 2. The molecule has 0 saturated carbocycles. The van der Waals surface area contributed by atoms with E-state index in [4.69, 9.17) is 0 Å². The van der Waals surface area contributed by atoms with Crippen LogP contribution in [0.3, 0.4) is 0 Å². The van der Waals surface area contributed by atoms with E-state index >= 15 is 0 Å². The third kappa shape index (κ3) is 3.80. The van der Waals surface area contributed by atoms with Gasteiger partial charge in [0.25, 0.3) is 11.8 Å². The van der Waals surface area contributed by atoms with E-state index in [-0.39, 0.29) is 11.8 Å². The molecule has 0 unspecified atom stereocenters. The summed E-state index contributed by atoms with van der Waals surface area (Å²) in [6, 6.07) is 15.4. The normalized spacial score (nSPS) is 10.0. The van der Waals surface area contributed by atoms with Gasteiger partial charge in [0.05, 0.1) is 5.56 Å². The Balaban J connectivity index is 1.70.